The third kappa shape index (κ3) is 83.0. The predicted molar refractivity (Wildman–Crippen MR) is 444 cm³/mol. The van der Waals surface area contributed by atoms with Crippen molar-refractivity contribution in [1.29, 1.82) is 0 Å². The molecule has 0 aromatic carbocycles. The molecule has 0 aromatic rings. The minimum absolute atomic E-state index is 0.138. The van der Waals surface area contributed by atoms with Crippen LogP contribution in [-0.2, 0) is 33.3 Å². The number of ether oxygens (including phenoxy) is 4. The summed E-state index contributed by atoms with van der Waals surface area (Å²) < 4.78 is 22.9. The monoisotopic (exact) mass is 1420 g/mol. The van der Waals surface area contributed by atoms with Crippen molar-refractivity contribution in [3.8, 4) is 0 Å². The van der Waals surface area contributed by atoms with Crippen LogP contribution in [0.25, 0.3) is 0 Å². The number of aliphatic carboxylic acids is 1. The molecule has 0 N–H and O–H groups in total. The quantitative estimate of drug-likeness (QED) is 0.0195. The summed E-state index contributed by atoms with van der Waals surface area (Å²) in [7, 11) is 5.93. The fourth-order valence-corrected chi connectivity index (χ4v) is 10.8. The number of allylic oxidation sites excluding steroid dienone is 34. The van der Waals surface area contributed by atoms with Crippen molar-refractivity contribution < 1.29 is 42.9 Å². The number of quaternary nitrogens is 1. The summed E-state index contributed by atoms with van der Waals surface area (Å²) in [5, 5.41) is 11.9. The van der Waals surface area contributed by atoms with E-state index in [1.807, 2.05) is 21.1 Å². The van der Waals surface area contributed by atoms with Crippen LogP contribution in [0.4, 0.5) is 0 Å². The molecular formula is C94H151NO8. The van der Waals surface area contributed by atoms with Gasteiger partial charge < -0.3 is 33.3 Å². The number of esters is 2. The fraction of sp³-hybridized carbons (Fsp3) is 0.606. The SMILES string of the molecule is CC/C=C\C/C=C\C/C=C\C/C=C\C/C=C\C/C=C\C/C=C\C/C=C\C/C=C\CCCCCCCCCCCC(=O)OC(COC(=O)CCCCCCCCCCCCCCCCCC/C=C\C/C=C\C/C=C\C/C=C\C/C=C\C/C=C\C/C=C\C/C=C\CC)COC(OCC[N+](C)(C)C)C(=O)[O-]. The number of carbonyl (C=O) groups is 3. The van der Waals surface area contributed by atoms with Crippen LogP contribution in [0.15, 0.2) is 207 Å². The van der Waals surface area contributed by atoms with Gasteiger partial charge in [0.1, 0.15) is 13.2 Å². The van der Waals surface area contributed by atoms with Crippen LogP contribution in [0.2, 0.25) is 0 Å². The average molecular weight is 1420 g/mol. The Hall–Kier alpha value is -6.13. The molecule has 0 saturated heterocycles. The van der Waals surface area contributed by atoms with Gasteiger partial charge >= 0.3 is 11.9 Å². The maximum absolute atomic E-state index is 13.0. The molecule has 9 heteroatoms. The zero-order valence-electron chi connectivity index (χ0n) is 66.4. The Labute approximate surface area is 633 Å². The van der Waals surface area contributed by atoms with Crippen molar-refractivity contribution in [2.75, 3.05) is 47.5 Å². The van der Waals surface area contributed by atoms with Crippen molar-refractivity contribution in [3.05, 3.63) is 207 Å². The van der Waals surface area contributed by atoms with Gasteiger partial charge in [0, 0.05) is 12.8 Å². The molecule has 0 heterocycles. The standard InChI is InChI=1S/C94H151NO8/c1-6-8-10-12-14-16-18-20-22-24-26-28-30-32-34-36-38-40-42-44-45-46-47-49-50-52-54-56-58-60-62-64-66-68-70-72-74-76-78-80-82-84-91(96)101-88-90(89-102-94(93(98)99)100-87-86-95(3,4)5)103-92(97)85-83-81-79-77-75-73-71-69-67-65-63-61-59-57-55-53-51-48-43-41-39-37-35-33-31-29-27-25-23-21-19-17-15-13-11-9-7-2/h8-11,14-17,20-23,26-29,32-35,38-41,44-45,47-49,51,55,57,61,63,90,94H,6-7,12-13,18-19,24-25,30-31,36-37,42-43,46,50,52-54,56,58-60,62,64-89H2,1-5H3/b10-8-,11-9-,16-14-,17-15-,22-20-,23-21-,28-26-,29-27-,34-32-,35-33-,40-38-,41-39-,45-44-,49-47-,51-48-,57-55-,63-61-. The van der Waals surface area contributed by atoms with E-state index in [-0.39, 0.29) is 38.6 Å². The molecule has 2 atom stereocenters. The topological polar surface area (TPSA) is 111 Å². The zero-order valence-corrected chi connectivity index (χ0v) is 66.4. The summed E-state index contributed by atoms with van der Waals surface area (Å²) in [6.45, 7) is 4.51. The van der Waals surface area contributed by atoms with Gasteiger partial charge in [0.25, 0.3) is 0 Å². The van der Waals surface area contributed by atoms with Gasteiger partial charge in [0.2, 0.25) is 0 Å². The van der Waals surface area contributed by atoms with E-state index in [4.69, 9.17) is 18.9 Å². The van der Waals surface area contributed by atoms with E-state index in [1.165, 1.54) is 122 Å². The van der Waals surface area contributed by atoms with E-state index in [1.54, 1.807) is 0 Å². The van der Waals surface area contributed by atoms with Crippen LogP contribution in [0.1, 0.15) is 309 Å². The fourth-order valence-electron chi connectivity index (χ4n) is 10.8. The highest BCUT2D eigenvalue weighted by Gasteiger charge is 2.22. The molecule has 0 bridgehead atoms. The van der Waals surface area contributed by atoms with Gasteiger partial charge in [-0.15, -0.1) is 0 Å². The molecule has 580 valence electrons. The molecule has 0 saturated carbocycles. The Balaban J connectivity index is 4.10. The van der Waals surface area contributed by atoms with Gasteiger partial charge in [-0.3, -0.25) is 9.59 Å². The third-order valence-corrected chi connectivity index (χ3v) is 17.0. The van der Waals surface area contributed by atoms with E-state index >= 15 is 0 Å². The number of carboxylic acid groups (broad SMARTS) is 1. The molecule has 9 nitrogen and oxygen atoms in total. The van der Waals surface area contributed by atoms with E-state index in [9.17, 15) is 19.5 Å². The molecular weight excluding hydrogens is 1270 g/mol. The summed E-state index contributed by atoms with van der Waals surface area (Å²) in [6.07, 6.45) is 124. The molecule has 0 fully saturated rings. The second-order valence-electron chi connectivity index (χ2n) is 27.9. The lowest BCUT2D eigenvalue weighted by Crippen LogP contribution is -2.44. The normalized spacial score (nSPS) is 13.8. The predicted octanol–water partition coefficient (Wildman–Crippen LogP) is 25.7. The van der Waals surface area contributed by atoms with Crippen LogP contribution in [0.3, 0.4) is 0 Å². The molecule has 0 spiro atoms. The molecule has 0 aliphatic rings. The van der Waals surface area contributed by atoms with Crippen LogP contribution >= 0.6 is 0 Å². The van der Waals surface area contributed by atoms with Gasteiger partial charge in [-0.2, -0.15) is 0 Å². The van der Waals surface area contributed by atoms with Crippen molar-refractivity contribution in [3.63, 3.8) is 0 Å². The molecule has 2 unspecified atom stereocenters. The first-order chi connectivity index (χ1) is 50.6. The molecule has 0 aliphatic carbocycles. The first kappa shape index (κ1) is 96.9. The van der Waals surface area contributed by atoms with Crippen LogP contribution < -0.4 is 5.11 Å². The van der Waals surface area contributed by atoms with Crippen molar-refractivity contribution >= 4 is 17.9 Å². The van der Waals surface area contributed by atoms with E-state index < -0.39 is 24.3 Å². The Kier molecular flexibility index (Phi) is 76.7. The summed E-state index contributed by atoms with van der Waals surface area (Å²) in [5.74, 6) is -2.30. The molecule has 0 rings (SSSR count). The summed E-state index contributed by atoms with van der Waals surface area (Å²) in [4.78, 5) is 37.6. The Bertz CT molecular complexity index is 2460. The highest BCUT2D eigenvalue weighted by Crippen LogP contribution is 2.17. The Morgan fingerprint density at radius 1 is 0.291 bits per heavy atom. The number of carboxylic acids is 1. The molecule has 0 radical (unpaired) electrons. The number of hydrogen-bond donors (Lipinski definition) is 0. The van der Waals surface area contributed by atoms with Crippen LogP contribution in [-0.4, -0.2) is 82.3 Å². The minimum Gasteiger partial charge on any atom is -0.545 e. The van der Waals surface area contributed by atoms with Gasteiger partial charge in [0.05, 0.1) is 40.3 Å². The van der Waals surface area contributed by atoms with Gasteiger partial charge in [-0.05, 0) is 148 Å². The van der Waals surface area contributed by atoms with Gasteiger partial charge in [0.15, 0.2) is 12.4 Å². The van der Waals surface area contributed by atoms with Crippen LogP contribution in [0, 0.1) is 0 Å². The third-order valence-electron chi connectivity index (χ3n) is 17.0. The smallest absolute Gasteiger partial charge is 0.306 e. The maximum Gasteiger partial charge on any atom is 0.306 e. The number of rotatable bonds is 74. The van der Waals surface area contributed by atoms with Crippen LogP contribution in [0.5, 0.6) is 0 Å². The summed E-state index contributed by atoms with van der Waals surface area (Å²) in [5.41, 5.74) is 0. The number of carbonyl (C=O) groups excluding carboxylic acids is 3. The van der Waals surface area contributed by atoms with E-state index in [0.29, 0.717) is 17.4 Å². The lowest BCUT2D eigenvalue weighted by Gasteiger charge is -2.26. The molecule has 0 aliphatic heterocycles. The summed E-state index contributed by atoms with van der Waals surface area (Å²) >= 11 is 0. The van der Waals surface area contributed by atoms with Crippen molar-refractivity contribution in [1.82, 2.24) is 0 Å². The maximum atomic E-state index is 13.0. The zero-order chi connectivity index (χ0) is 74.6. The molecule has 0 amide bonds. The second-order valence-corrected chi connectivity index (χ2v) is 27.9. The van der Waals surface area contributed by atoms with Crippen molar-refractivity contribution in [2.45, 2.75) is 322 Å². The summed E-state index contributed by atoms with van der Waals surface area (Å²) in [6, 6.07) is 0. The lowest BCUT2D eigenvalue weighted by molar-refractivity contribution is -0.870. The molecule has 103 heavy (non-hydrogen) atoms. The number of hydrogen-bond acceptors (Lipinski definition) is 8. The van der Waals surface area contributed by atoms with E-state index in [0.717, 1.165) is 154 Å². The van der Waals surface area contributed by atoms with E-state index in [2.05, 4.69) is 220 Å². The largest absolute Gasteiger partial charge is 0.545 e. The number of nitrogens with zero attached hydrogens (tertiary/aromatic N) is 1. The highest BCUT2D eigenvalue weighted by molar-refractivity contribution is 5.70. The Morgan fingerprint density at radius 3 is 0.777 bits per heavy atom. The second kappa shape index (κ2) is 81.5. The van der Waals surface area contributed by atoms with Gasteiger partial charge in [-0.1, -0.05) is 355 Å². The number of likely N-dealkylation sites (N-methyl/N-ethyl adjacent to an activating group) is 1. The molecule has 0 aromatic heterocycles. The average Bonchev–Trinajstić information content (AvgIpc) is 1.16. The first-order valence-electron chi connectivity index (χ1n) is 41.2. The number of unbranched alkanes of at least 4 members (excludes halogenated alkanes) is 25. The lowest BCUT2D eigenvalue weighted by atomic mass is 10.0. The first-order valence-corrected chi connectivity index (χ1v) is 41.2. The highest BCUT2D eigenvalue weighted by atomic mass is 16.7. The van der Waals surface area contributed by atoms with Gasteiger partial charge in [-0.25, -0.2) is 0 Å². The minimum atomic E-state index is -1.64. The van der Waals surface area contributed by atoms with Crippen molar-refractivity contribution in [2.24, 2.45) is 0 Å². The Morgan fingerprint density at radius 2 is 0.524 bits per heavy atom.